The topological polar surface area (TPSA) is 201 Å². The van der Waals surface area contributed by atoms with E-state index in [1.165, 1.54) is 11.0 Å². The molecule has 2 aromatic rings. The minimum atomic E-state index is -4.13. The van der Waals surface area contributed by atoms with E-state index in [0.717, 1.165) is 59.9 Å². The van der Waals surface area contributed by atoms with Crippen LogP contribution in [0.4, 0.5) is 9.59 Å². The maximum Gasteiger partial charge on any atom is 0.410 e. The SMILES string of the molecule is CCOC(=O)[C@H](CNC(=O)CNC(=O)C(CCC1CCN(C(=O)O)CC1)CCC1CCN(C(=O)OC(C)(C)C)CC1)NS(=O)(=O)c1cc2ccccc2s1. The minimum absolute atomic E-state index is 0.00681. The number of amides is 4. The number of benzene rings is 1. The maximum absolute atomic E-state index is 13.5. The first-order valence-corrected chi connectivity index (χ1v) is 21.0. The van der Waals surface area contributed by atoms with Gasteiger partial charge in [-0.05, 0) is 108 Å². The number of fused-ring (bicyclic) bond motifs is 1. The van der Waals surface area contributed by atoms with Gasteiger partial charge in [-0.25, -0.2) is 18.0 Å². The third-order valence-electron chi connectivity index (χ3n) is 9.83. The van der Waals surface area contributed by atoms with Crippen LogP contribution in [0, 0.1) is 17.8 Å². The third kappa shape index (κ3) is 13.1. The standard InChI is InChI=1S/C37H55N5O10S2/c1-5-51-34(45)29(40-54(49,50)32-22-28-8-6-7-9-30(28)53-32)23-38-31(43)24-39-33(44)27(12-10-25-14-18-41(19-15-25)35(46)47)13-11-26-16-20-42(21-17-26)36(48)52-37(2,3)4/h6-9,22,25-27,29,40H,5,10-21,23-24H2,1-4H3,(H,38,43)(H,39,44)(H,46,47)/t27?,29-/m0/s1. The number of likely N-dealkylation sites (tertiary alicyclic amines) is 2. The third-order valence-corrected chi connectivity index (χ3v) is 12.9. The van der Waals surface area contributed by atoms with Crippen LogP contribution in [-0.2, 0) is 33.9 Å². The van der Waals surface area contributed by atoms with E-state index in [0.29, 0.717) is 44.9 Å². The summed E-state index contributed by atoms with van der Waals surface area (Å²) >= 11 is 1.06. The Hall–Kier alpha value is -3.96. The van der Waals surface area contributed by atoms with Gasteiger partial charge < -0.3 is 35.0 Å². The van der Waals surface area contributed by atoms with Crippen molar-refractivity contribution in [3.05, 3.63) is 30.3 Å². The van der Waals surface area contributed by atoms with Gasteiger partial charge in [0.15, 0.2) is 0 Å². The first kappa shape index (κ1) is 42.8. The molecule has 0 spiro atoms. The zero-order chi connectivity index (χ0) is 39.5. The number of hydrogen-bond acceptors (Lipinski definition) is 10. The predicted octanol–water partition coefficient (Wildman–Crippen LogP) is 4.56. The monoisotopic (exact) mass is 793 g/mol. The summed E-state index contributed by atoms with van der Waals surface area (Å²) in [6.45, 7) is 8.40. The number of nitrogens with one attached hydrogen (secondary N) is 3. The molecule has 1 aromatic heterocycles. The van der Waals surface area contributed by atoms with Crippen molar-refractivity contribution in [1.82, 2.24) is 25.2 Å². The lowest BCUT2D eigenvalue weighted by atomic mass is 9.84. The molecule has 54 heavy (non-hydrogen) atoms. The highest BCUT2D eigenvalue weighted by Gasteiger charge is 2.31. The Balaban J connectivity index is 1.31. The molecular weight excluding hydrogens is 739 g/mol. The largest absolute Gasteiger partial charge is 0.465 e. The molecule has 4 rings (SSSR count). The molecule has 4 N–H and O–H groups in total. The molecule has 17 heteroatoms. The van der Waals surface area contributed by atoms with Crippen molar-refractivity contribution < 1.29 is 47.0 Å². The molecule has 0 aliphatic carbocycles. The molecule has 1 unspecified atom stereocenters. The highest BCUT2D eigenvalue weighted by Crippen LogP contribution is 2.30. The van der Waals surface area contributed by atoms with Gasteiger partial charge in [0.05, 0.1) is 13.2 Å². The predicted molar refractivity (Wildman–Crippen MR) is 203 cm³/mol. The molecule has 2 fully saturated rings. The number of ether oxygens (including phenoxy) is 2. The lowest BCUT2D eigenvalue weighted by molar-refractivity contribution is -0.145. The second kappa shape index (κ2) is 19.6. The van der Waals surface area contributed by atoms with Crippen molar-refractivity contribution in [2.24, 2.45) is 17.8 Å². The highest BCUT2D eigenvalue weighted by atomic mass is 32.2. The number of sulfonamides is 1. The molecule has 2 aliphatic rings. The number of thiophene rings is 1. The number of esters is 1. The van der Waals surface area contributed by atoms with E-state index in [1.54, 1.807) is 36.1 Å². The summed E-state index contributed by atoms with van der Waals surface area (Å²) in [6.07, 6.45) is 4.45. The van der Waals surface area contributed by atoms with Gasteiger partial charge >= 0.3 is 18.2 Å². The summed E-state index contributed by atoms with van der Waals surface area (Å²) in [5.74, 6) is -1.53. The molecule has 4 amide bonds. The van der Waals surface area contributed by atoms with Crippen LogP contribution in [-0.4, -0.2) is 111 Å². The van der Waals surface area contributed by atoms with Crippen LogP contribution in [0.2, 0.25) is 0 Å². The van der Waals surface area contributed by atoms with Crippen molar-refractivity contribution in [2.45, 2.75) is 94.9 Å². The van der Waals surface area contributed by atoms with Gasteiger partial charge in [-0.1, -0.05) is 18.2 Å². The van der Waals surface area contributed by atoms with Gasteiger partial charge in [-0.3, -0.25) is 14.4 Å². The average molecular weight is 794 g/mol. The van der Waals surface area contributed by atoms with Gasteiger partial charge in [0, 0.05) is 43.3 Å². The fourth-order valence-electron chi connectivity index (χ4n) is 6.77. The summed E-state index contributed by atoms with van der Waals surface area (Å²) in [6, 6.07) is 7.29. The van der Waals surface area contributed by atoms with E-state index in [-0.39, 0.29) is 41.2 Å². The zero-order valence-electron chi connectivity index (χ0n) is 31.6. The molecule has 0 radical (unpaired) electrons. The Bertz CT molecular complexity index is 1680. The number of carbonyl (C=O) groups excluding carboxylic acids is 4. The lowest BCUT2D eigenvalue weighted by Crippen LogP contribution is -2.50. The average Bonchev–Trinajstić information content (AvgIpc) is 3.58. The Morgan fingerprint density at radius 2 is 1.52 bits per heavy atom. The normalized spacial score (nSPS) is 17.1. The summed E-state index contributed by atoms with van der Waals surface area (Å²) in [7, 11) is -4.13. The van der Waals surface area contributed by atoms with E-state index in [2.05, 4.69) is 15.4 Å². The van der Waals surface area contributed by atoms with Gasteiger partial charge in [0.2, 0.25) is 11.8 Å². The van der Waals surface area contributed by atoms with Crippen molar-refractivity contribution in [3.8, 4) is 0 Å². The quantitative estimate of drug-likeness (QED) is 0.175. The van der Waals surface area contributed by atoms with Crippen molar-refractivity contribution in [3.63, 3.8) is 0 Å². The number of rotatable bonds is 16. The molecule has 2 aliphatic heterocycles. The number of carbonyl (C=O) groups is 5. The van der Waals surface area contributed by atoms with Gasteiger partial charge in [0.25, 0.3) is 10.0 Å². The summed E-state index contributed by atoms with van der Waals surface area (Å²) < 4.78 is 40.2. The Morgan fingerprint density at radius 3 is 2.07 bits per heavy atom. The van der Waals surface area contributed by atoms with Crippen LogP contribution in [0.1, 0.15) is 79.1 Å². The van der Waals surface area contributed by atoms with Crippen LogP contribution in [0.5, 0.6) is 0 Å². The molecule has 2 saturated heterocycles. The number of piperidine rings is 2. The van der Waals surface area contributed by atoms with Crippen LogP contribution < -0.4 is 15.4 Å². The Labute approximate surface area is 321 Å². The van der Waals surface area contributed by atoms with Crippen LogP contribution >= 0.6 is 11.3 Å². The molecule has 15 nitrogen and oxygen atoms in total. The van der Waals surface area contributed by atoms with E-state index in [4.69, 9.17) is 9.47 Å². The fourth-order valence-corrected chi connectivity index (χ4v) is 9.36. The van der Waals surface area contributed by atoms with Gasteiger partial charge in [-0.2, -0.15) is 4.72 Å². The van der Waals surface area contributed by atoms with Crippen molar-refractivity contribution >= 4 is 61.4 Å². The maximum atomic E-state index is 13.5. The summed E-state index contributed by atoms with van der Waals surface area (Å²) in [5, 5.41) is 15.3. The Morgan fingerprint density at radius 1 is 0.926 bits per heavy atom. The molecule has 300 valence electrons. The van der Waals surface area contributed by atoms with Crippen LogP contribution in [0.25, 0.3) is 10.1 Å². The van der Waals surface area contributed by atoms with Crippen molar-refractivity contribution in [1.29, 1.82) is 0 Å². The van der Waals surface area contributed by atoms with E-state index >= 15 is 0 Å². The van der Waals surface area contributed by atoms with Crippen LogP contribution in [0.3, 0.4) is 0 Å². The summed E-state index contributed by atoms with van der Waals surface area (Å²) in [4.78, 5) is 66.2. The second-order valence-corrected chi connectivity index (χ2v) is 18.1. The van der Waals surface area contributed by atoms with E-state index in [9.17, 15) is 37.5 Å². The van der Waals surface area contributed by atoms with Crippen molar-refractivity contribution in [2.75, 3.05) is 45.9 Å². The second-order valence-electron chi connectivity index (χ2n) is 15.0. The first-order chi connectivity index (χ1) is 25.5. The Kier molecular flexibility index (Phi) is 15.5. The number of hydrogen-bond donors (Lipinski definition) is 4. The molecule has 2 atom stereocenters. The van der Waals surface area contributed by atoms with Gasteiger partial charge in [0.1, 0.15) is 15.9 Å². The lowest BCUT2D eigenvalue weighted by Gasteiger charge is -2.34. The summed E-state index contributed by atoms with van der Waals surface area (Å²) in [5.41, 5.74) is -0.574. The zero-order valence-corrected chi connectivity index (χ0v) is 33.3. The molecule has 1 aromatic carbocycles. The number of carboxylic acid groups (broad SMARTS) is 1. The molecule has 0 bridgehead atoms. The van der Waals surface area contributed by atoms with E-state index in [1.807, 2.05) is 20.8 Å². The van der Waals surface area contributed by atoms with Crippen LogP contribution in [0.15, 0.2) is 34.5 Å². The molecule has 3 heterocycles. The highest BCUT2D eigenvalue weighted by molar-refractivity contribution is 7.91. The molecular formula is C37H55N5O10S2. The van der Waals surface area contributed by atoms with E-state index < -0.39 is 46.2 Å². The van der Waals surface area contributed by atoms with Gasteiger partial charge in [-0.15, -0.1) is 11.3 Å². The molecule has 0 saturated carbocycles. The smallest absolute Gasteiger partial charge is 0.410 e. The number of nitrogens with zero attached hydrogens (tertiary/aromatic N) is 2. The first-order valence-electron chi connectivity index (χ1n) is 18.7. The fraction of sp³-hybridized carbons (Fsp3) is 0.649. The minimum Gasteiger partial charge on any atom is -0.465 e.